The Kier molecular flexibility index (Phi) is 6.46. The molecule has 166 valence electrons. The van der Waals surface area contributed by atoms with Crippen molar-refractivity contribution in [1.29, 1.82) is 0 Å². The largest absolute Gasteiger partial charge is 0.393 e. The van der Waals surface area contributed by atoms with E-state index in [-0.39, 0.29) is 18.7 Å². The second kappa shape index (κ2) is 9.10. The van der Waals surface area contributed by atoms with Crippen molar-refractivity contribution in [2.24, 2.45) is 0 Å². The highest BCUT2D eigenvalue weighted by Gasteiger charge is 2.41. The molecule has 5 nitrogen and oxygen atoms in total. The second-order valence-electron chi connectivity index (χ2n) is 8.36. The van der Waals surface area contributed by atoms with Crippen LogP contribution in [0.4, 0.5) is 10.1 Å². The zero-order chi connectivity index (χ0) is 22.0. The fourth-order valence-corrected chi connectivity index (χ4v) is 6.72. The molecule has 4 rings (SSSR count). The summed E-state index contributed by atoms with van der Waals surface area (Å²) < 4.78 is 43.4. The Hall–Kier alpha value is -2.22. The van der Waals surface area contributed by atoms with Crippen molar-refractivity contribution < 1.29 is 17.9 Å². The molecule has 0 spiro atoms. The molecule has 0 aromatic heterocycles. The molecule has 2 aromatic carbocycles. The smallest absolute Gasteiger partial charge is 0.222 e. The third kappa shape index (κ3) is 4.54. The Morgan fingerprint density at radius 1 is 1.06 bits per heavy atom. The number of sulfonamides is 1. The number of anilines is 1. The van der Waals surface area contributed by atoms with Gasteiger partial charge >= 0.3 is 0 Å². The Morgan fingerprint density at radius 2 is 1.77 bits per heavy atom. The standard InChI is InChI=1S/C24H29FN2O3S/c1-2-20-10-11-24(18-6-4-3-5-7-18)31(29,30)27(20)17-19-8-9-21(16-23(19)25)26-14-12-22(28)13-15-26/h2-9,16,20,22,24,28H,1,10-15,17H2/t20-,24?/m0/s1. The predicted octanol–water partition coefficient (Wildman–Crippen LogP) is 4.01. The first-order chi connectivity index (χ1) is 14.9. The average molecular weight is 445 g/mol. The van der Waals surface area contributed by atoms with Gasteiger partial charge in [0.15, 0.2) is 0 Å². The minimum absolute atomic E-state index is 0.0207. The van der Waals surface area contributed by atoms with Crippen LogP contribution in [0.15, 0.2) is 61.2 Å². The summed E-state index contributed by atoms with van der Waals surface area (Å²) in [5, 5.41) is 9.05. The van der Waals surface area contributed by atoms with Crippen LogP contribution in [0.1, 0.15) is 42.1 Å². The van der Waals surface area contributed by atoms with Gasteiger partial charge in [-0.25, -0.2) is 12.8 Å². The Bertz CT molecular complexity index is 1020. The molecule has 2 fully saturated rings. The van der Waals surface area contributed by atoms with Crippen molar-refractivity contribution in [2.75, 3.05) is 18.0 Å². The third-order valence-electron chi connectivity index (χ3n) is 6.42. The van der Waals surface area contributed by atoms with E-state index in [0.29, 0.717) is 44.3 Å². The minimum Gasteiger partial charge on any atom is -0.393 e. The molecule has 7 heteroatoms. The molecule has 1 unspecified atom stereocenters. The van der Waals surface area contributed by atoms with Crippen molar-refractivity contribution >= 4 is 15.7 Å². The van der Waals surface area contributed by atoms with E-state index in [1.807, 2.05) is 36.4 Å². The molecule has 2 aliphatic heterocycles. The van der Waals surface area contributed by atoms with Gasteiger partial charge < -0.3 is 10.0 Å². The van der Waals surface area contributed by atoms with Crippen molar-refractivity contribution in [3.8, 4) is 0 Å². The van der Waals surface area contributed by atoms with Gasteiger partial charge in [-0.05, 0) is 43.4 Å². The van der Waals surface area contributed by atoms with Gasteiger partial charge in [-0.1, -0.05) is 42.5 Å². The number of aliphatic hydroxyl groups is 1. The summed E-state index contributed by atoms with van der Waals surface area (Å²) >= 11 is 0. The predicted molar refractivity (Wildman–Crippen MR) is 121 cm³/mol. The van der Waals surface area contributed by atoms with Crippen LogP contribution in [-0.4, -0.2) is 43.1 Å². The van der Waals surface area contributed by atoms with E-state index in [0.717, 1.165) is 11.3 Å². The van der Waals surface area contributed by atoms with Crippen LogP contribution >= 0.6 is 0 Å². The molecule has 2 aliphatic rings. The van der Waals surface area contributed by atoms with E-state index < -0.39 is 21.1 Å². The number of benzene rings is 2. The molecule has 2 aromatic rings. The average Bonchev–Trinajstić information content (AvgIpc) is 2.77. The zero-order valence-electron chi connectivity index (χ0n) is 17.5. The van der Waals surface area contributed by atoms with Gasteiger partial charge in [0.1, 0.15) is 11.1 Å². The first kappa shape index (κ1) is 22.0. The summed E-state index contributed by atoms with van der Waals surface area (Å²) in [7, 11) is -3.67. The van der Waals surface area contributed by atoms with E-state index >= 15 is 4.39 Å². The van der Waals surface area contributed by atoms with Crippen LogP contribution in [0.3, 0.4) is 0 Å². The number of aliphatic hydroxyl groups excluding tert-OH is 1. The van der Waals surface area contributed by atoms with Crippen LogP contribution in [-0.2, 0) is 16.6 Å². The fraction of sp³-hybridized carbons (Fsp3) is 0.417. The zero-order valence-corrected chi connectivity index (χ0v) is 18.3. The van der Waals surface area contributed by atoms with E-state index in [1.54, 1.807) is 12.1 Å². The molecule has 0 bridgehead atoms. The molecular weight excluding hydrogens is 415 g/mol. The molecule has 0 amide bonds. The lowest BCUT2D eigenvalue weighted by Gasteiger charge is -2.38. The number of halogens is 1. The van der Waals surface area contributed by atoms with E-state index in [2.05, 4.69) is 11.5 Å². The Labute approximate surface area is 183 Å². The molecule has 0 radical (unpaired) electrons. The molecule has 0 aliphatic carbocycles. The number of piperidine rings is 1. The van der Waals surface area contributed by atoms with Gasteiger partial charge in [0.05, 0.1) is 6.10 Å². The quantitative estimate of drug-likeness (QED) is 0.708. The summed E-state index contributed by atoms with van der Waals surface area (Å²) in [6.07, 6.45) is 3.84. The van der Waals surface area contributed by atoms with Crippen molar-refractivity contribution in [2.45, 2.75) is 49.6 Å². The first-order valence-corrected chi connectivity index (χ1v) is 12.3. The maximum Gasteiger partial charge on any atom is 0.222 e. The Balaban J connectivity index is 1.58. The summed E-state index contributed by atoms with van der Waals surface area (Å²) in [5.74, 6) is -0.413. The summed E-state index contributed by atoms with van der Waals surface area (Å²) in [6, 6.07) is 13.8. The number of rotatable bonds is 5. The Morgan fingerprint density at radius 3 is 2.42 bits per heavy atom. The molecule has 2 heterocycles. The highest BCUT2D eigenvalue weighted by Crippen LogP contribution is 2.38. The van der Waals surface area contributed by atoms with Gasteiger partial charge in [0.25, 0.3) is 0 Å². The normalized spacial score (nSPS) is 24.8. The molecule has 0 saturated carbocycles. The van der Waals surface area contributed by atoms with Gasteiger partial charge in [-0.15, -0.1) is 6.58 Å². The van der Waals surface area contributed by atoms with Crippen LogP contribution < -0.4 is 4.90 Å². The fourth-order valence-electron chi connectivity index (χ4n) is 4.57. The molecule has 2 atom stereocenters. The van der Waals surface area contributed by atoms with E-state index in [1.165, 1.54) is 10.4 Å². The highest BCUT2D eigenvalue weighted by molar-refractivity contribution is 7.89. The summed E-state index contributed by atoms with van der Waals surface area (Å²) in [4.78, 5) is 2.05. The van der Waals surface area contributed by atoms with Gasteiger partial charge in [0.2, 0.25) is 10.0 Å². The SMILES string of the molecule is C=C[C@H]1CCC(c2ccccc2)S(=O)(=O)N1Cc1ccc(N2CCC(O)CC2)cc1F. The lowest BCUT2D eigenvalue weighted by atomic mass is 10.0. The minimum atomic E-state index is -3.67. The molecule has 2 saturated heterocycles. The summed E-state index contributed by atoms with van der Waals surface area (Å²) in [6.45, 7) is 5.15. The summed E-state index contributed by atoms with van der Waals surface area (Å²) in [5.41, 5.74) is 1.88. The van der Waals surface area contributed by atoms with Crippen LogP contribution in [0.25, 0.3) is 0 Å². The van der Waals surface area contributed by atoms with Crippen molar-refractivity contribution in [3.63, 3.8) is 0 Å². The van der Waals surface area contributed by atoms with Crippen molar-refractivity contribution in [1.82, 2.24) is 4.31 Å². The molecular formula is C24H29FN2O3S. The lowest BCUT2D eigenvalue weighted by molar-refractivity contribution is 0.145. The highest BCUT2D eigenvalue weighted by atomic mass is 32.2. The molecule has 31 heavy (non-hydrogen) atoms. The van der Waals surface area contributed by atoms with E-state index in [4.69, 9.17) is 0 Å². The topological polar surface area (TPSA) is 60.9 Å². The first-order valence-electron chi connectivity index (χ1n) is 10.8. The molecule has 1 N–H and O–H groups in total. The maximum atomic E-state index is 15.0. The van der Waals surface area contributed by atoms with E-state index in [9.17, 15) is 13.5 Å². The number of hydrogen-bond donors (Lipinski definition) is 1. The van der Waals surface area contributed by atoms with Crippen LogP contribution in [0, 0.1) is 5.82 Å². The lowest BCUT2D eigenvalue weighted by Crippen LogP contribution is -2.45. The van der Waals surface area contributed by atoms with Gasteiger partial charge in [0, 0.05) is 36.9 Å². The second-order valence-corrected chi connectivity index (χ2v) is 10.4. The number of hydrogen-bond acceptors (Lipinski definition) is 4. The number of nitrogens with zero attached hydrogens (tertiary/aromatic N) is 2. The monoisotopic (exact) mass is 444 g/mol. The van der Waals surface area contributed by atoms with Crippen LogP contribution in [0.5, 0.6) is 0 Å². The maximum absolute atomic E-state index is 15.0. The van der Waals surface area contributed by atoms with Gasteiger partial charge in [-0.3, -0.25) is 0 Å². The van der Waals surface area contributed by atoms with Crippen molar-refractivity contribution in [3.05, 3.63) is 78.1 Å². The van der Waals surface area contributed by atoms with Gasteiger partial charge in [-0.2, -0.15) is 4.31 Å². The third-order valence-corrected chi connectivity index (χ3v) is 8.70. The van der Waals surface area contributed by atoms with Crippen LogP contribution in [0.2, 0.25) is 0 Å².